The van der Waals surface area contributed by atoms with Crippen molar-refractivity contribution in [3.05, 3.63) is 89.6 Å². The highest BCUT2D eigenvalue weighted by atomic mass is 32.3. The highest BCUT2D eigenvalue weighted by Gasteiger charge is 2.24. The maximum absolute atomic E-state index is 13.4. The first kappa shape index (κ1) is 29.2. The fourth-order valence-electron chi connectivity index (χ4n) is 3.94. The molecule has 4 aromatic rings. The third kappa shape index (κ3) is 6.83. The number of hydrogen-bond acceptors (Lipinski definition) is 7. The normalized spacial score (nSPS) is 11.8. The minimum absolute atomic E-state index is 0.0885. The number of hydrogen-bond donors (Lipinski definition) is 3. The van der Waals surface area contributed by atoms with E-state index in [0.717, 1.165) is 26.4 Å². The summed E-state index contributed by atoms with van der Waals surface area (Å²) in [5.74, 6) is -0.964. The van der Waals surface area contributed by atoms with Crippen LogP contribution in [0.2, 0.25) is 0 Å². The maximum atomic E-state index is 13.4. The summed E-state index contributed by atoms with van der Waals surface area (Å²) in [5.41, 5.74) is 3.10. The molecule has 40 heavy (non-hydrogen) atoms. The molecule has 0 saturated heterocycles. The summed E-state index contributed by atoms with van der Waals surface area (Å²) < 4.78 is 30.6. The van der Waals surface area contributed by atoms with Crippen molar-refractivity contribution in [3.63, 3.8) is 0 Å². The van der Waals surface area contributed by atoms with Crippen LogP contribution in [-0.4, -0.2) is 38.6 Å². The lowest BCUT2D eigenvalue weighted by molar-refractivity contribution is -0.160. The van der Waals surface area contributed by atoms with Crippen molar-refractivity contribution < 1.29 is 27.2 Å². The molecule has 0 spiro atoms. The van der Waals surface area contributed by atoms with Crippen LogP contribution in [0, 0.1) is 0 Å². The van der Waals surface area contributed by atoms with Crippen LogP contribution in [0.25, 0.3) is 10.9 Å². The van der Waals surface area contributed by atoms with E-state index in [1.54, 1.807) is 30.5 Å². The van der Waals surface area contributed by atoms with Gasteiger partial charge in [-0.2, -0.15) is 3.71 Å². The average Bonchev–Trinajstić information content (AvgIpc) is 3.36. The lowest BCUT2D eigenvalue weighted by Crippen LogP contribution is -2.24. The van der Waals surface area contributed by atoms with Crippen molar-refractivity contribution in [1.82, 2.24) is 4.98 Å². The van der Waals surface area contributed by atoms with Crippen molar-refractivity contribution in [2.75, 3.05) is 27.7 Å². The first-order chi connectivity index (χ1) is 18.9. The number of rotatable bonds is 9. The Bertz CT molecular complexity index is 1640. The Morgan fingerprint density at radius 2 is 1.65 bits per heavy atom. The van der Waals surface area contributed by atoms with Crippen LogP contribution in [0.4, 0.5) is 17.1 Å². The summed E-state index contributed by atoms with van der Waals surface area (Å²) in [6.07, 6.45) is 2.79. The van der Waals surface area contributed by atoms with Crippen molar-refractivity contribution in [3.8, 4) is 0 Å². The summed E-state index contributed by atoms with van der Waals surface area (Å²) in [7, 11) is -2.59. The van der Waals surface area contributed by atoms with E-state index in [-0.39, 0.29) is 22.4 Å². The van der Waals surface area contributed by atoms with Gasteiger partial charge in [0.15, 0.2) is 12.2 Å². The molecule has 0 saturated carbocycles. The number of H-pyrrole nitrogens is 1. The van der Waals surface area contributed by atoms with Crippen molar-refractivity contribution in [2.45, 2.75) is 26.2 Å². The monoisotopic (exact) mass is 582 g/mol. The van der Waals surface area contributed by atoms with Gasteiger partial charge in [0.05, 0.1) is 30.3 Å². The van der Waals surface area contributed by atoms with Crippen LogP contribution in [0.3, 0.4) is 0 Å². The number of aromatic amines is 1. The SMILES string of the molecule is COOSN(c1ccc(C(=O)Nc2ccc3cc[nH]c3c2)c(NC(=O)c2ccc(C(C)(C)C)cc2)c1)S(C)(=O)=O. The second-order valence-electron chi connectivity index (χ2n) is 10.0. The fourth-order valence-corrected chi connectivity index (χ4v) is 5.26. The lowest BCUT2D eigenvalue weighted by atomic mass is 9.86. The van der Waals surface area contributed by atoms with E-state index in [2.05, 4.69) is 41.3 Å². The Morgan fingerprint density at radius 3 is 2.30 bits per heavy atom. The molecule has 0 atom stereocenters. The van der Waals surface area contributed by atoms with Gasteiger partial charge in [0.2, 0.25) is 10.0 Å². The van der Waals surface area contributed by atoms with Gasteiger partial charge in [0, 0.05) is 23.0 Å². The summed E-state index contributed by atoms with van der Waals surface area (Å²) in [4.78, 5) is 34.3. The van der Waals surface area contributed by atoms with Crippen LogP contribution < -0.4 is 14.3 Å². The first-order valence-corrected chi connectivity index (χ1v) is 14.7. The Balaban J connectivity index is 1.69. The van der Waals surface area contributed by atoms with Gasteiger partial charge in [-0.25, -0.2) is 13.3 Å². The van der Waals surface area contributed by atoms with Crippen LogP contribution in [0.15, 0.2) is 72.9 Å². The molecule has 4 rings (SSSR count). The van der Waals surface area contributed by atoms with Gasteiger partial charge >= 0.3 is 0 Å². The molecule has 3 N–H and O–H groups in total. The molecule has 210 valence electrons. The quantitative estimate of drug-likeness (QED) is 0.0973. The van der Waals surface area contributed by atoms with E-state index in [9.17, 15) is 18.0 Å². The third-order valence-corrected chi connectivity index (χ3v) is 8.35. The highest BCUT2D eigenvalue weighted by Crippen LogP contribution is 2.32. The van der Waals surface area contributed by atoms with E-state index in [4.69, 9.17) is 4.33 Å². The van der Waals surface area contributed by atoms with E-state index in [1.807, 2.05) is 24.3 Å². The Kier molecular flexibility index (Phi) is 8.54. The number of amides is 2. The molecule has 0 bridgehead atoms. The largest absolute Gasteiger partial charge is 0.361 e. The van der Waals surface area contributed by atoms with Gasteiger partial charge in [-0.3, -0.25) is 9.59 Å². The minimum Gasteiger partial charge on any atom is -0.361 e. The van der Waals surface area contributed by atoms with Crippen LogP contribution in [-0.2, 0) is 24.7 Å². The number of fused-ring (bicyclic) bond motifs is 1. The van der Waals surface area contributed by atoms with Crippen LogP contribution in [0.1, 0.15) is 47.1 Å². The molecule has 0 unspecified atom stereocenters. The number of aromatic nitrogens is 1. The topological polar surface area (TPSA) is 130 Å². The Labute approximate surface area is 237 Å². The predicted octanol–water partition coefficient (Wildman–Crippen LogP) is 5.88. The van der Waals surface area contributed by atoms with Crippen molar-refractivity contribution in [2.24, 2.45) is 0 Å². The standard InChI is InChI=1S/C28H30N4O6S2/c1-28(2,3)20-9-6-19(7-10-20)26(33)31-25-17-22(32(39-38-37-4)40(5,35)36)12-13-23(25)27(34)30-21-11-8-18-14-15-29-24(18)16-21/h6-17,29H,1-5H3,(H,30,34)(H,31,33). The van der Waals surface area contributed by atoms with Gasteiger partial charge in [-0.1, -0.05) is 39.0 Å². The first-order valence-electron chi connectivity index (χ1n) is 12.2. The van der Waals surface area contributed by atoms with Gasteiger partial charge < -0.3 is 15.6 Å². The van der Waals surface area contributed by atoms with Gasteiger partial charge in [0.1, 0.15) is 0 Å². The smallest absolute Gasteiger partial charge is 0.257 e. The molecular formula is C28H30N4O6S2. The molecule has 2 amide bonds. The van der Waals surface area contributed by atoms with E-state index in [0.29, 0.717) is 23.5 Å². The van der Waals surface area contributed by atoms with E-state index < -0.39 is 21.8 Å². The van der Waals surface area contributed by atoms with E-state index >= 15 is 0 Å². The second kappa shape index (κ2) is 11.7. The second-order valence-corrected chi connectivity index (χ2v) is 12.8. The third-order valence-electron chi connectivity index (χ3n) is 6.00. The number of benzene rings is 3. The molecule has 10 nitrogen and oxygen atoms in total. The van der Waals surface area contributed by atoms with Crippen molar-refractivity contribution in [1.29, 1.82) is 0 Å². The zero-order valence-electron chi connectivity index (χ0n) is 22.6. The van der Waals surface area contributed by atoms with Gasteiger partial charge in [-0.15, -0.1) is 4.33 Å². The molecule has 3 aromatic carbocycles. The molecule has 0 aliphatic rings. The number of sulfonamides is 1. The zero-order chi connectivity index (χ0) is 29.1. The summed E-state index contributed by atoms with van der Waals surface area (Å²) >= 11 is 0.435. The molecule has 1 heterocycles. The van der Waals surface area contributed by atoms with Crippen LogP contribution in [0.5, 0.6) is 0 Å². The average molecular weight is 583 g/mol. The Hall–Kier alpha value is -3.84. The summed E-state index contributed by atoms with van der Waals surface area (Å²) in [6, 6.07) is 18.8. The zero-order valence-corrected chi connectivity index (χ0v) is 24.3. The predicted molar refractivity (Wildman–Crippen MR) is 159 cm³/mol. The molecule has 12 heteroatoms. The molecule has 0 aliphatic carbocycles. The molecule has 0 fully saturated rings. The number of carbonyl (C=O) groups is 2. The van der Waals surface area contributed by atoms with Gasteiger partial charge in [-0.05, 0) is 64.9 Å². The summed E-state index contributed by atoms with van der Waals surface area (Å²) in [6.45, 7) is 6.22. The molecule has 1 aromatic heterocycles. The molecule has 0 aliphatic heterocycles. The minimum atomic E-state index is -3.83. The van der Waals surface area contributed by atoms with E-state index in [1.165, 1.54) is 25.3 Å². The molecular weight excluding hydrogens is 552 g/mol. The Morgan fingerprint density at radius 1 is 0.925 bits per heavy atom. The number of nitrogens with zero attached hydrogens (tertiary/aromatic N) is 1. The highest BCUT2D eigenvalue weighted by molar-refractivity contribution is 8.11. The number of carbonyl (C=O) groups excluding carboxylic acids is 2. The maximum Gasteiger partial charge on any atom is 0.257 e. The van der Waals surface area contributed by atoms with Gasteiger partial charge in [0.25, 0.3) is 11.8 Å². The molecule has 0 radical (unpaired) electrons. The number of anilines is 3. The summed E-state index contributed by atoms with van der Waals surface area (Å²) in [5, 5.41) is 6.60. The fraction of sp³-hybridized carbons (Fsp3) is 0.214. The van der Waals surface area contributed by atoms with Crippen molar-refractivity contribution >= 4 is 62.0 Å². The van der Waals surface area contributed by atoms with Crippen LogP contribution >= 0.6 is 12.2 Å². The lowest BCUT2D eigenvalue weighted by Gasteiger charge is -2.21. The number of nitrogens with one attached hydrogen (secondary N) is 3.